The van der Waals surface area contributed by atoms with Gasteiger partial charge in [-0.1, -0.05) is 178 Å². The molecule has 70 heavy (non-hydrogen) atoms. The molecule has 10 rings (SSSR count). The number of fused-ring (bicyclic) bond motifs is 7. The minimum Gasteiger partial charge on any atom is -0.314 e. The zero-order valence-electron chi connectivity index (χ0n) is 45.2. The number of nitrogens with zero attached hydrogens (tertiary/aromatic N) is 2. The highest BCUT2D eigenvalue weighted by Gasteiger charge is 2.44. The van der Waals surface area contributed by atoms with E-state index in [1.54, 1.807) is 0 Å². The van der Waals surface area contributed by atoms with Crippen LogP contribution in [0.3, 0.4) is 0 Å². The molecule has 7 aromatic rings. The average molecular weight is 921 g/mol. The molecule has 3 aliphatic rings. The molecule has 0 aromatic heterocycles. The fourth-order valence-electron chi connectivity index (χ4n) is 11.8. The lowest BCUT2D eigenvalue weighted by molar-refractivity contribution is 0.590. The molecule has 3 aliphatic carbocycles. The molecule has 0 N–H and O–H groups in total. The number of benzene rings is 7. The standard InChI is InChI=1S/C68H76N2/c1-63(2,3)44-18-26-48(27-19-44)69(49-28-20-45(21-29-49)64(4,5)6)52-34-37-54-43(39-52)17-36-56-58-42-60-57(41-61(58)68(15,16)62(54)56)55-38-35-53(40-59(55)67(60,13)14)70(50-30-22-46(23-31-50)65(7,8)9)51-32-24-47(25-33-51)66(10,11)12/h17-34,36-37,39-42H,35,38H2,1-16H3. The van der Waals surface area contributed by atoms with Crippen molar-refractivity contribution in [3.05, 3.63) is 201 Å². The van der Waals surface area contributed by atoms with Crippen LogP contribution in [0.2, 0.25) is 0 Å². The van der Waals surface area contributed by atoms with Crippen molar-refractivity contribution in [3.8, 4) is 11.1 Å². The first-order valence-electron chi connectivity index (χ1n) is 26.0. The zero-order chi connectivity index (χ0) is 50.1. The minimum atomic E-state index is -0.176. The van der Waals surface area contributed by atoms with Crippen LogP contribution < -0.4 is 9.80 Å². The van der Waals surface area contributed by atoms with Gasteiger partial charge in [-0.3, -0.25) is 0 Å². The molecule has 358 valence electrons. The quantitative estimate of drug-likeness (QED) is 0.164. The monoisotopic (exact) mass is 921 g/mol. The molecular weight excluding hydrogens is 845 g/mol. The van der Waals surface area contributed by atoms with Crippen LogP contribution >= 0.6 is 0 Å². The van der Waals surface area contributed by atoms with Crippen molar-refractivity contribution in [3.63, 3.8) is 0 Å². The van der Waals surface area contributed by atoms with Gasteiger partial charge in [0.25, 0.3) is 0 Å². The Labute approximate surface area is 421 Å². The Bertz CT molecular complexity index is 3120. The maximum atomic E-state index is 2.60. The lowest BCUT2D eigenvalue weighted by Gasteiger charge is -2.33. The number of anilines is 5. The summed E-state index contributed by atoms with van der Waals surface area (Å²) < 4.78 is 0. The van der Waals surface area contributed by atoms with E-state index >= 15 is 0 Å². The van der Waals surface area contributed by atoms with E-state index in [-0.39, 0.29) is 32.5 Å². The molecule has 0 radical (unpaired) electrons. The van der Waals surface area contributed by atoms with E-state index in [2.05, 4.69) is 266 Å². The van der Waals surface area contributed by atoms with Crippen LogP contribution in [0.5, 0.6) is 0 Å². The Kier molecular flexibility index (Phi) is 11.0. The van der Waals surface area contributed by atoms with Gasteiger partial charge in [0, 0.05) is 45.0 Å². The summed E-state index contributed by atoms with van der Waals surface area (Å²) >= 11 is 0. The van der Waals surface area contributed by atoms with Crippen molar-refractivity contribution < 1.29 is 0 Å². The minimum absolute atomic E-state index is 0.0824. The summed E-state index contributed by atoms with van der Waals surface area (Å²) in [5.41, 5.74) is 24.2. The molecule has 0 aliphatic heterocycles. The second kappa shape index (κ2) is 16.2. The third kappa shape index (κ3) is 8.04. The van der Waals surface area contributed by atoms with E-state index in [0.717, 1.165) is 24.2 Å². The number of hydrogen-bond acceptors (Lipinski definition) is 2. The lowest BCUT2D eigenvalue weighted by Crippen LogP contribution is -2.22. The molecule has 0 saturated carbocycles. The van der Waals surface area contributed by atoms with Crippen LogP contribution in [0.25, 0.3) is 27.5 Å². The molecule has 0 amide bonds. The largest absolute Gasteiger partial charge is 0.314 e. The third-order valence-corrected chi connectivity index (χ3v) is 16.2. The normalized spacial score (nSPS) is 16.1. The second-order valence-corrected chi connectivity index (χ2v) is 26.0. The Balaban J connectivity index is 1.03. The zero-order valence-corrected chi connectivity index (χ0v) is 45.2. The molecule has 0 unspecified atom stereocenters. The smallest absolute Gasteiger partial charge is 0.0468 e. The topological polar surface area (TPSA) is 6.48 Å². The summed E-state index contributed by atoms with van der Waals surface area (Å²) in [6.45, 7) is 37.3. The van der Waals surface area contributed by atoms with Gasteiger partial charge in [-0.25, -0.2) is 0 Å². The maximum absolute atomic E-state index is 2.60. The van der Waals surface area contributed by atoms with Crippen LogP contribution in [-0.4, -0.2) is 0 Å². The van der Waals surface area contributed by atoms with Crippen molar-refractivity contribution in [2.45, 2.75) is 156 Å². The van der Waals surface area contributed by atoms with Crippen molar-refractivity contribution in [2.75, 3.05) is 9.80 Å². The predicted molar refractivity (Wildman–Crippen MR) is 303 cm³/mol. The third-order valence-electron chi connectivity index (χ3n) is 16.2. The van der Waals surface area contributed by atoms with E-state index < -0.39 is 0 Å². The summed E-state index contributed by atoms with van der Waals surface area (Å²) in [7, 11) is 0. The molecule has 0 spiro atoms. The maximum Gasteiger partial charge on any atom is 0.0468 e. The highest BCUT2D eigenvalue weighted by Crippen LogP contribution is 2.58. The average Bonchev–Trinajstić information content (AvgIpc) is 3.66. The summed E-state index contributed by atoms with van der Waals surface area (Å²) in [4.78, 5) is 4.96. The molecule has 0 fully saturated rings. The fourth-order valence-corrected chi connectivity index (χ4v) is 11.8. The van der Waals surface area contributed by atoms with E-state index in [9.17, 15) is 0 Å². The van der Waals surface area contributed by atoms with Gasteiger partial charge >= 0.3 is 0 Å². The van der Waals surface area contributed by atoms with Crippen LogP contribution in [0.15, 0.2) is 157 Å². The highest BCUT2D eigenvalue weighted by atomic mass is 15.2. The highest BCUT2D eigenvalue weighted by molar-refractivity contribution is 6.01. The summed E-state index contributed by atoms with van der Waals surface area (Å²) in [6, 6.07) is 54.2. The number of allylic oxidation sites excluding steroid dienone is 4. The van der Waals surface area contributed by atoms with Crippen LogP contribution in [0.1, 0.15) is 168 Å². The summed E-state index contributed by atoms with van der Waals surface area (Å²) in [6.07, 6.45) is 4.55. The molecule has 0 heterocycles. The van der Waals surface area contributed by atoms with E-state index in [0.29, 0.717) is 0 Å². The van der Waals surface area contributed by atoms with E-state index in [1.165, 1.54) is 100 Å². The molecule has 2 nitrogen and oxygen atoms in total. The van der Waals surface area contributed by atoms with Crippen molar-refractivity contribution >= 4 is 44.8 Å². The Morgan fingerprint density at radius 3 is 1.21 bits per heavy atom. The SMILES string of the molecule is CC(C)(C)c1ccc(N(C2=CC3=C(CC2)c2cc4c(cc2C3(C)C)-c2ccc3cc(N(c5ccc(C(C)(C)C)cc5)c5ccc(C(C)(C)C)cc5)ccc3c2C4(C)C)c2ccc(C(C)(C)C)cc2)cc1. The lowest BCUT2D eigenvalue weighted by atomic mass is 9.77. The molecular formula is C68H76N2. The summed E-state index contributed by atoms with van der Waals surface area (Å²) in [5, 5.41) is 2.61. The van der Waals surface area contributed by atoms with Crippen molar-refractivity contribution in [2.24, 2.45) is 0 Å². The molecule has 2 heteroatoms. The second-order valence-electron chi connectivity index (χ2n) is 26.0. The molecule has 0 atom stereocenters. The first-order valence-corrected chi connectivity index (χ1v) is 26.0. The van der Waals surface area contributed by atoms with Crippen molar-refractivity contribution in [1.82, 2.24) is 0 Å². The number of rotatable bonds is 6. The predicted octanol–water partition coefficient (Wildman–Crippen LogP) is 19.4. The van der Waals surface area contributed by atoms with Crippen LogP contribution in [-0.2, 0) is 32.5 Å². The van der Waals surface area contributed by atoms with E-state index in [1.807, 2.05) is 0 Å². The van der Waals surface area contributed by atoms with Crippen molar-refractivity contribution in [1.29, 1.82) is 0 Å². The number of hydrogen-bond donors (Lipinski definition) is 0. The Morgan fingerprint density at radius 2 is 0.771 bits per heavy atom. The fraction of sp³-hybridized carbons (Fsp3) is 0.353. The molecule has 0 saturated heterocycles. The molecule has 7 aromatic carbocycles. The van der Waals surface area contributed by atoms with Gasteiger partial charge < -0.3 is 9.80 Å². The molecule has 0 bridgehead atoms. The Hall–Kier alpha value is -6.12. The van der Waals surface area contributed by atoms with Crippen LogP contribution in [0.4, 0.5) is 28.4 Å². The van der Waals surface area contributed by atoms with E-state index in [4.69, 9.17) is 0 Å². The van der Waals surface area contributed by atoms with Gasteiger partial charge in [0.05, 0.1) is 0 Å². The van der Waals surface area contributed by atoms with Gasteiger partial charge in [-0.15, -0.1) is 0 Å². The van der Waals surface area contributed by atoms with Crippen LogP contribution in [0, 0.1) is 0 Å². The van der Waals surface area contributed by atoms with Gasteiger partial charge in [-0.2, -0.15) is 0 Å². The van der Waals surface area contributed by atoms with Gasteiger partial charge in [-0.05, 0) is 191 Å². The first-order chi connectivity index (χ1) is 32.7. The van der Waals surface area contributed by atoms with Gasteiger partial charge in [0.2, 0.25) is 0 Å². The Morgan fingerprint density at radius 1 is 0.371 bits per heavy atom. The van der Waals surface area contributed by atoms with Gasteiger partial charge in [0.1, 0.15) is 0 Å². The summed E-state index contributed by atoms with van der Waals surface area (Å²) in [5.74, 6) is 0. The first kappa shape index (κ1) is 47.6. The van der Waals surface area contributed by atoms with Gasteiger partial charge in [0.15, 0.2) is 0 Å².